The number of thioether (sulfide) groups is 1. The number of nitrogens with zero attached hydrogens (tertiary/aromatic N) is 5. The standard InChI is InChI=1S/C19H15F2N5O3S/c1-10-5-6-13-12(8-10)16(27)25(2)19-24-23-14(26(13)19)9-29-17(28)11-4-3-7-22-15(11)30-18(20)21/h3-8,18H,9H2,1-2H3. The zero-order chi connectivity index (χ0) is 21.4. The van der Waals surface area contributed by atoms with Crippen molar-refractivity contribution in [1.82, 2.24) is 24.1 Å². The fourth-order valence-electron chi connectivity index (χ4n) is 3.08. The summed E-state index contributed by atoms with van der Waals surface area (Å²) < 4.78 is 33.7. The zero-order valence-electron chi connectivity index (χ0n) is 15.9. The second-order valence-corrected chi connectivity index (χ2v) is 7.43. The summed E-state index contributed by atoms with van der Waals surface area (Å²) in [6.07, 6.45) is 1.32. The van der Waals surface area contributed by atoms with Gasteiger partial charge in [0.2, 0.25) is 5.78 Å². The van der Waals surface area contributed by atoms with Crippen LogP contribution in [0.2, 0.25) is 0 Å². The average molecular weight is 431 g/mol. The summed E-state index contributed by atoms with van der Waals surface area (Å²) in [5, 5.41) is 8.42. The Hall–Kier alpha value is -3.34. The number of carbonyl (C=O) groups is 1. The van der Waals surface area contributed by atoms with Crippen LogP contribution in [0, 0.1) is 6.92 Å². The molecule has 0 unspecified atom stereocenters. The third kappa shape index (κ3) is 3.52. The molecule has 154 valence electrons. The number of rotatable bonds is 5. The van der Waals surface area contributed by atoms with Gasteiger partial charge in [-0.2, -0.15) is 8.78 Å². The molecule has 0 N–H and O–H groups in total. The lowest BCUT2D eigenvalue weighted by Gasteiger charge is -2.10. The van der Waals surface area contributed by atoms with Gasteiger partial charge in [0.05, 0.1) is 16.5 Å². The van der Waals surface area contributed by atoms with Crippen LogP contribution in [0.3, 0.4) is 0 Å². The number of hydrogen-bond acceptors (Lipinski definition) is 7. The number of aromatic nitrogens is 5. The number of aryl methyl sites for hydroxylation is 2. The minimum absolute atomic E-state index is 0.0653. The predicted octanol–water partition coefficient (Wildman–Crippen LogP) is 2.96. The van der Waals surface area contributed by atoms with Crippen molar-refractivity contribution in [2.75, 3.05) is 0 Å². The van der Waals surface area contributed by atoms with E-state index in [2.05, 4.69) is 15.2 Å². The Morgan fingerprint density at radius 3 is 2.83 bits per heavy atom. The number of ether oxygens (including phenoxy) is 1. The Labute approximate surface area is 172 Å². The second kappa shape index (κ2) is 7.82. The molecule has 0 radical (unpaired) electrons. The summed E-state index contributed by atoms with van der Waals surface area (Å²) in [6.45, 7) is 1.61. The first-order valence-corrected chi connectivity index (χ1v) is 9.65. The number of carbonyl (C=O) groups excluding carboxylic acids is 1. The van der Waals surface area contributed by atoms with Gasteiger partial charge in [-0.25, -0.2) is 9.78 Å². The molecule has 30 heavy (non-hydrogen) atoms. The minimum Gasteiger partial charge on any atom is -0.454 e. The molecular formula is C19H15F2N5O3S. The Bertz CT molecular complexity index is 1340. The highest BCUT2D eigenvalue weighted by Gasteiger charge is 2.20. The monoisotopic (exact) mass is 431 g/mol. The van der Waals surface area contributed by atoms with Crippen LogP contribution in [0.15, 0.2) is 46.3 Å². The largest absolute Gasteiger partial charge is 0.454 e. The van der Waals surface area contributed by atoms with Crippen molar-refractivity contribution in [3.8, 4) is 0 Å². The molecule has 11 heteroatoms. The van der Waals surface area contributed by atoms with E-state index < -0.39 is 11.7 Å². The highest BCUT2D eigenvalue weighted by molar-refractivity contribution is 7.99. The fourth-order valence-corrected chi connectivity index (χ4v) is 3.65. The number of halogens is 2. The van der Waals surface area contributed by atoms with Gasteiger partial charge in [0.15, 0.2) is 12.4 Å². The van der Waals surface area contributed by atoms with Crippen molar-refractivity contribution in [3.63, 3.8) is 0 Å². The average Bonchev–Trinajstić information content (AvgIpc) is 3.14. The van der Waals surface area contributed by atoms with Crippen LogP contribution in [-0.4, -0.2) is 35.9 Å². The zero-order valence-corrected chi connectivity index (χ0v) is 16.7. The molecule has 0 saturated heterocycles. The fraction of sp³-hybridized carbons (Fsp3) is 0.211. The number of alkyl halides is 2. The molecule has 0 saturated carbocycles. The quantitative estimate of drug-likeness (QED) is 0.354. The summed E-state index contributed by atoms with van der Waals surface area (Å²) in [4.78, 5) is 28.9. The summed E-state index contributed by atoms with van der Waals surface area (Å²) in [7, 11) is 1.58. The molecule has 4 aromatic rings. The van der Waals surface area contributed by atoms with Gasteiger partial charge < -0.3 is 4.74 Å². The molecule has 0 spiro atoms. The number of esters is 1. The number of fused-ring (bicyclic) bond motifs is 3. The second-order valence-electron chi connectivity index (χ2n) is 6.45. The topological polar surface area (TPSA) is 91.4 Å². The van der Waals surface area contributed by atoms with E-state index >= 15 is 0 Å². The van der Waals surface area contributed by atoms with Crippen LogP contribution in [0.25, 0.3) is 16.7 Å². The van der Waals surface area contributed by atoms with Crippen LogP contribution in [0.4, 0.5) is 8.78 Å². The maximum Gasteiger partial charge on any atom is 0.341 e. The van der Waals surface area contributed by atoms with Gasteiger partial charge in [0.25, 0.3) is 11.3 Å². The Morgan fingerprint density at radius 2 is 2.07 bits per heavy atom. The first-order chi connectivity index (χ1) is 14.4. The molecule has 1 aromatic carbocycles. The van der Waals surface area contributed by atoms with E-state index in [1.165, 1.54) is 22.9 Å². The van der Waals surface area contributed by atoms with Crippen molar-refractivity contribution >= 4 is 34.4 Å². The lowest BCUT2D eigenvalue weighted by atomic mass is 10.1. The van der Waals surface area contributed by atoms with Crippen molar-refractivity contribution in [3.05, 3.63) is 63.8 Å². The van der Waals surface area contributed by atoms with Crippen LogP contribution in [0.1, 0.15) is 21.7 Å². The maximum atomic E-state index is 12.7. The lowest BCUT2D eigenvalue weighted by Crippen LogP contribution is -2.20. The van der Waals surface area contributed by atoms with Crippen molar-refractivity contribution in [1.29, 1.82) is 0 Å². The maximum absolute atomic E-state index is 12.7. The van der Waals surface area contributed by atoms with Crippen molar-refractivity contribution < 1.29 is 18.3 Å². The molecule has 3 heterocycles. The third-order valence-electron chi connectivity index (χ3n) is 4.47. The molecule has 0 amide bonds. The van der Waals surface area contributed by atoms with E-state index in [1.807, 2.05) is 13.0 Å². The minimum atomic E-state index is -2.72. The van der Waals surface area contributed by atoms with Gasteiger partial charge in [-0.15, -0.1) is 10.2 Å². The molecule has 0 aliphatic rings. The van der Waals surface area contributed by atoms with Gasteiger partial charge in [-0.1, -0.05) is 11.6 Å². The molecule has 8 nitrogen and oxygen atoms in total. The molecule has 3 aromatic heterocycles. The van der Waals surface area contributed by atoms with Gasteiger partial charge in [0, 0.05) is 13.2 Å². The predicted molar refractivity (Wildman–Crippen MR) is 106 cm³/mol. The van der Waals surface area contributed by atoms with E-state index in [0.717, 1.165) is 5.56 Å². The summed E-state index contributed by atoms with van der Waals surface area (Å²) in [6, 6.07) is 8.21. The summed E-state index contributed by atoms with van der Waals surface area (Å²) >= 11 is 0.170. The SMILES string of the molecule is Cc1ccc2c(c1)c(=O)n(C)c1nnc(COC(=O)c3cccnc3SC(F)F)n21. The van der Waals surface area contributed by atoms with Gasteiger partial charge in [-0.3, -0.25) is 13.8 Å². The first-order valence-electron chi connectivity index (χ1n) is 8.77. The highest BCUT2D eigenvalue weighted by atomic mass is 32.2. The van der Waals surface area contributed by atoms with Crippen LogP contribution in [0.5, 0.6) is 0 Å². The van der Waals surface area contributed by atoms with E-state index in [9.17, 15) is 18.4 Å². The first kappa shape index (κ1) is 20.0. The van der Waals surface area contributed by atoms with Crippen LogP contribution < -0.4 is 5.56 Å². The van der Waals surface area contributed by atoms with Crippen LogP contribution in [-0.2, 0) is 18.4 Å². The molecule has 0 aliphatic carbocycles. The van der Waals surface area contributed by atoms with E-state index in [4.69, 9.17) is 4.74 Å². The van der Waals surface area contributed by atoms with Crippen LogP contribution >= 0.6 is 11.8 Å². The Kier molecular flexibility index (Phi) is 5.20. The Balaban J connectivity index is 1.70. The summed E-state index contributed by atoms with van der Waals surface area (Å²) in [5.41, 5.74) is 1.20. The number of benzene rings is 1. The highest BCUT2D eigenvalue weighted by Crippen LogP contribution is 2.27. The van der Waals surface area contributed by atoms with E-state index in [1.54, 1.807) is 23.6 Å². The normalized spacial score (nSPS) is 11.5. The molecule has 0 aliphatic heterocycles. The van der Waals surface area contributed by atoms with E-state index in [0.29, 0.717) is 10.9 Å². The Morgan fingerprint density at radius 1 is 1.27 bits per heavy atom. The lowest BCUT2D eigenvalue weighted by molar-refractivity contribution is 0.0456. The number of hydrogen-bond donors (Lipinski definition) is 0. The van der Waals surface area contributed by atoms with E-state index in [-0.39, 0.29) is 46.1 Å². The smallest absolute Gasteiger partial charge is 0.341 e. The third-order valence-corrected chi connectivity index (χ3v) is 5.19. The number of pyridine rings is 1. The van der Waals surface area contributed by atoms with Gasteiger partial charge in [-0.05, 0) is 43.0 Å². The molecule has 0 atom stereocenters. The molecule has 0 fully saturated rings. The molecular weight excluding hydrogens is 416 g/mol. The molecule has 4 rings (SSSR count). The van der Waals surface area contributed by atoms with Crippen molar-refractivity contribution in [2.45, 2.75) is 24.3 Å². The van der Waals surface area contributed by atoms with Crippen molar-refractivity contribution in [2.24, 2.45) is 7.05 Å². The van der Waals surface area contributed by atoms with Gasteiger partial charge >= 0.3 is 5.97 Å². The van der Waals surface area contributed by atoms with Gasteiger partial charge in [0.1, 0.15) is 5.03 Å². The summed E-state index contributed by atoms with van der Waals surface area (Å²) in [5.74, 6) is -2.96. The molecule has 0 bridgehead atoms.